The second-order valence-electron chi connectivity index (χ2n) is 5.65. The number of hydrogen-bond donors (Lipinski definition) is 1. The molecule has 1 N–H and O–H groups in total. The highest BCUT2D eigenvalue weighted by Gasteiger charge is 2.14. The fourth-order valence-electron chi connectivity index (χ4n) is 2.47. The van der Waals surface area contributed by atoms with Crippen LogP contribution in [0.25, 0.3) is 10.1 Å². The third-order valence-corrected chi connectivity index (χ3v) is 4.88. The van der Waals surface area contributed by atoms with Gasteiger partial charge in [0.15, 0.2) is 0 Å². The summed E-state index contributed by atoms with van der Waals surface area (Å²) >= 11 is 1.92. The summed E-state index contributed by atoms with van der Waals surface area (Å²) in [5.74, 6) is 0. The maximum atomic E-state index is 3.87. The molecule has 1 heterocycles. The minimum Gasteiger partial charge on any atom is -0.310 e. The van der Waals surface area contributed by atoms with Crippen LogP contribution in [-0.2, 0) is 13.1 Å². The molecule has 0 atom stereocenters. The Morgan fingerprint density at radius 3 is 2.76 bits per heavy atom. The number of thiophene rings is 1. The largest absolute Gasteiger partial charge is 0.310 e. The number of hydrogen-bond acceptors (Lipinski definition) is 3. The van der Waals surface area contributed by atoms with Crippen molar-refractivity contribution in [3.63, 3.8) is 0 Å². The summed E-state index contributed by atoms with van der Waals surface area (Å²) in [4.78, 5) is 3.90. The van der Waals surface area contributed by atoms with Gasteiger partial charge in [0.25, 0.3) is 0 Å². The van der Waals surface area contributed by atoms with Gasteiger partial charge >= 0.3 is 0 Å². The van der Waals surface area contributed by atoms with Crippen molar-refractivity contribution in [3.8, 4) is 0 Å². The van der Waals surface area contributed by atoms with Crippen LogP contribution in [-0.4, -0.2) is 24.0 Å². The molecule has 0 fully saturated rings. The minimum atomic E-state index is 0.513. The highest BCUT2D eigenvalue weighted by atomic mass is 32.1. The van der Waals surface area contributed by atoms with Gasteiger partial charge in [0.1, 0.15) is 0 Å². The van der Waals surface area contributed by atoms with Gasteiger partial charge in [-0.1, -0.05) is 45.0 Å². The van der Waals surface area contributed by atoms with E-state index in [0.717, 1.165) is 26.2 Å². The first-order chi connectivity index (χ1) is 10.2. The molecule has 0 bridgehead atoms. The topological polar surface area (TPSA) is 15.3 Å². The summed E-state index contributed by atoms with van der Waals surface area (Å²) in [7, 11) is 0. The minimum absolute atomic E-state index is 0.513. The Balaban J connectivity index is 2.32. The summed E-state index contributed by atoms with van der Waals surface area (Å²) in [5, 5.41) is 4.97. The number of nitrogens with zero attached hydrogens (tertiary/aromatic N) is 1. The third-order valence-electron chi connectivity index (χ3n) is 3.67. The van der Waals surface area contributed by atoms with Crippen LogP contribution >= 0.6 is 11.3 Å². The number of rotatable bonds is 8. The van der Waals surface area contributed by atoms with E-state index in [1.807, 2.05) is 17.4 Å². The molecule has 0 aliphatic carbocycles. The molecule has 21 heavy (non-hydrogen) atoms. The lowest BCUT2D eigenvalue weighted by Gasteiger charge is -2.19. The van der Waals surface area contributed by atoms with Gasteiger partial charge in [0, 0.05) is 35.3 Å². The summed E-state index contributed by atoms with van der Waals surface area (Å²) in [6.07, 6.45) is 1.99. The van der Waals surface area contributed by atoms with Crippen LogP contribution < -0.4 is 5.32 Å². The Morgan fingerprint density at radius 1 is 1.33 bits per heavy atom. The molecule has 1 aromatic heterocycles. The first-order valence-electron chi connectivity index (χ1n) is 7.71. The van der Waals surface area contributed by atoms with Crippen molar-refractivity contribution in [1.82, 2.24) is 10.2 Å². The molecule has 0 saturated carbocycles. The average Bonchev–Trinajstić information content (AvgIpc) is 2.82. The summed E-state index contributed by atoms with van der Waals surface area (Å²) in [6, 6.07) is 9.26. The van der Waals surface area contributed by atoms with Crippen molar-refractivity contribution in [2.45, 2.75) is 39.9 Å². The molecule has 0 amide bonds. The van der Waals surface area contributed by atoms with Crippen molar-refractivity contribution in [3.05, 3.63) is 47.4 Å². The lowest BCUT2D eigenvalue weighted by Crippen LogP contribution is -2.25. The number of fused-ring (bicyclic) bond motifs is 1. The van der Waals surface area contributed by atoms with Crippen molar-refractivity contribution in [2.75, 3.05) is 13.1 Å². The van der Waals surface area contributed by atoms with E-state index in [1.54, 1.807) is 0 Å². The Labute approximate surface area is 132 Å². The van der Waals surface area contributed by atoms with E-state index in [-0.39, 0.29) is 0 Å². The molecule has 0 unspecified atom stereocenters. The number of benzene rings is 1. The molecule has 1 aromatic carbocycles. The van der Waals surface area contributed by atoms with Crippen LogP contribution in [0.2, 0.25) is 0 Å². The molecular weight excluding hydrogens is 276 g/mol. The number of likely N-dealkylation sites (N-methyl/N-ethyl adjacent to an activating group) is 1. The van der Waals surface area contributed by atoms with Crippen molar-refractivity contribution in [1.29, 1.82) is 0 Å². The average molecular weight is 302 g/mol. The van der Waals surface area contributed by atoms with Crippen molar-refractivity contribution >= 4 is 21.4 Å². The van der Waals surface area contributed by atoms with Gasteiger partial charge in [-0.25, -0.2) is 0 Å². The van der Waals surface area contributed by atoms with E-state index in [9.17, 15) is 0 Å². The Bertz CT molecular complexity index is 586. The van der Waals surface area contributed by atoms with E-state index >= 15 is 0 Å². The van der Waals surface area contributed by atoms with Crippen molar-refractivity contribution in [2.24, 2.45) is 0 Å². The van der Waals surface area contributed by atoms with Gasteiger partial charge in [-0.2, -0.15) is 0 Å². The fraction of sp³-hybridized carbons (Fsp3) is 0.444. The summed E-state index contributed by atoms with van der Waals surface area (Å²) < 4.78 is 1.39. The third kappa shape index (κ3) is 4.16. The van der Waals surface area contributed by atoms with Crippen LogP contribution in [0.4, 0.5) is 0 Å². The van der Waals surface area contributed by atoms with E-state index in [1.165, 1.54) is 20.5 Å². The smallest absolute Gasteiger partial charge is 0.0349 e. The highest BCUT2D eigenvalue weighted by molar-refractivity contribution is 7.19. The Kier molecular flexibility index (Phi) is 5.97. The van der Waals surface area contributed by atoms with Crippen LogP contribution in [0, 0.1) is 0 Å². The van der Waals surface area contributed by atoms with E-state index in [2.05, 4.69) is 61.8 Å². The lowest BCUT2D eigenvalue weighted by molar-refractivity contribution is 0.312. The molecule has 3 heteroatoms. The monoisotopic (exact) mass is 302 g/mol. The van der Waals surface area contributed by atoms with Gasteiger partial charge in [0.05, 0.1) is 0 Å². The zero-order valence-corrected chi connectivity index (χ0v) is 14.2. The molecule has 0 saturated heterocycles. The second kappa shape index (κ2) is 7.74. The normalized spacial score (nSPS) is 11.7. The van der Waals surface area contributed by atoms with Gasteiger partial charge < -0.3 is 5.32 Å². The van der Waals surface area contributed by atoms with Crippen molar-refractivity contribution < 1.29 is 0 Å². The highest BCUT2D eigenvalue weighted by Crippen LogP contribution is 2.32. The zero-order valence-electron chi connectivity index (χ0n) is 13.4. The van der Waals surface area contributed by atoms with Crippen LogP contribution in [0.1, 0.15) is 31.2 Å². The predicted octanol–water partition coefficient (Wildman–Crippen LogP) is 4.41. The lowest BCUT2D eigenvalue weighted by atomic mass is 10.1. The molecule has 114 valence electrons. The predicted molar refractivity (Wildman–Crippen MR) is 94.9 cm³/mol. The van der Waals surface area contributed by atoms with Gasteiger partial charge in [0.2, 0.25) is 0 Å². The van der Waals surface area contributed by atoms with Gasteiger partial charge in [-0.05, 0) is 23.6 Å². The maximum absolute atomic E-state index is 3.87. The first-order valence-corrected chi connectivity index (χ1v) is 8.53. The van der Waals surface area contributed by atoms with Gasteiger partial charge in [-0.3, -0.25) is 4.90 Å². The first kappa shape index (κ1) is 16.2. The Hall–Kier alpha value is -1.16. The Morgan fingerprint density at radius 2 is 2.10 bits per heavy atom. The zero-order chi connectivity index (χ0) is 15.2. The molecule has 2 aromatic rings. The second-order valence-corrected chi connectivity index (χ2v) is 6.79. The summed E-state index contributed by atoms with van der Waals surface area (Å²) in [5.41, 5.74) is 1.48. The fourth-order valence-corrected chi connectivity index (χ4v) is 3.64. The molecule has 0 spiro atoms. The van der Waals surface area contributed by atoms with E-state index in [4.69, 9.17) is 0 Å². The molecular formula is C18H26N2S. The summed E-state index contributed by atoms with van der Waals surface area (Å²) in [6.45, 7) is 14.4. The van der Waals surface area contributed by atoms with Crippen LogP contribution in [0.3, 0.4) is 0 Å². The molecule has 2 rings (SSSR count). The molecule has 0 aliphatic heterocycles. The molecule has 0 radical (unpaired) electrons. The maximum Gasteiger partial charge on any atom is 0.0349 e. The molecule has 2 nitrogen and oxygen atoms in total. The van der Waals surface area contributed by atoms with Crippen LogP contribution in [0.15, 0.2) is 36.9 Å². The standard InChI is InChI=1S/C18H26N2S/c1-5-11-20(6-2)13-16-15-9-7-8-10-17(15)21-18(16)12-19-14(3)4/h5,7-10,14,19H,1,6,11-13H2,2-4H3. The quantitative estimate of drug-likeness (QED) is 0.727. The molecule has 0 aliphatic rings. The van der Waals surface area contributed by atoms with Crippen LogP contribution in [0.5, 0.6) is 0 Å². The number of nitrogens with one attached hydrogen (secondary N) is 1. The van der Waals surface area contributed by atoms with E-state index < -0.39 is 0 Å². The van der Waals surface area contributed by atoms with E-state index in [0.29, 0.717) is 6.04 Å². The van der Waals surface area contributed by atoms with Gasteiger partial charge in [-0.15, -0.1) is 17.9 Å². The SMILES string of the molecule is C=CCN(CC)Cc1c(CNC(C)C)sc2ccccc12.